The summed E-state index contributed by atoms with van der Waals surface area (Å²) in [5.41, 5.74) is 5.16. The van der Waals surface area contributed by atoms with Crippen molar-refractivity contribution in [1.82, 2.24) is 25.8 Å². The van der Waals surface area contributed by atoms with Crippen LogP contribution < -0.4 is 21.7 Å². The topological polar surface area (TPSA) is 171 Å². The molecule has 232 valence electrons. The molecule has 0 aromatic rings. The Bertz CT molecular complexity index is 1110. The number of ketones is 1. The number of Topliss-reactive ketones (excluding diaryl/α,β-unsaturated/α-hetero) is 1. The van der Waals surface area contributed by atoms with Crippen molar-refractivity contribution in [2.45, 2.75) is 103 Å². The number of carbonyl (C=O) groups excluding carboxylic acids is 6. The summed E-state index contributed by atoms with van der Waals surface area (Å²) in [6.45, 7) is 5.68. The molecular weight excluding hydrogens is 540 g/mol. The van der Waals surface area contributed by atoms with Crippen LogP contribution in [-0.2, 0) is 19.2 Å². The van der Waals surface area contributed by atoms with Gasteiger partial charge >= 0.3 is 12.1 Å². The summed E-state index contributed by atoms with van der Waals surface area (Å²) in [6.07, 6.45) is 9.49. The van der Waals surface area contributed by atoms with Gasteiger partial charge in [-0.2, -0.15) is 0 Å². The average Bonchev–Trinajstić information content (AvgIpc) is 3.39. The number of amides is 7. The fraction of sp³-hybridized carbons (Fsp3) is 0.800. The lowest BCUT2D eigenvalue weighted by atomic mass is 9.80. The molecular formula is C30H46N6O6. The van der Waals surface area contributed by atoms with Crippen LogP contribution >= 0.6 is 0 Å². The summed E-state index contributed by atoms with van der Waals surface area (Å²) in [6, 6.07) is -3.92. The van der Waals surface area contributed by atoms with Crippen LogP contribution in [0.4, 0.5) is 9.59 Å². The van der Waals surface area contributed by atoms with Crippen LogP contribution in [0.2, 0.25) is 0 Å². The van der Waals surface area contributed by atoms with E-state index >= 15 is 0 Å². The number of hydrogen-bond donors (Lipinski definition) is 4. The largest absolute Gasteiger partial charge is 0.363 e. The van der Waals surface area contributed by atoms with Crippen molar-refractivity contribution in [3.05, 3.63) is 0 Å². The monoisotopic (exact) mass is 586 g/mol. The summed E-state index contributed by atoms with van der Waals surface area (Å²) >= 11 is 0. The number of primary amides is 1. The van der Waals surface area contributed by atoms with Gasteiger partial charge in [0.15, 0.2) is 0 Å². The molecule has 0 radical (unpaired) electrons. The van der Waals surface area contributed by atoms with E-state index < -0.39 is 47.8 Å². The maximum atomic E-state index is 14.2. The first-order chi connectivity index (χ1) is 20.0. The predicted octanol–water partition coefficient (Wildman–Crippen LogP) is 1.66. The summed E-state index contributed by atoms with van der Waals surface area (Å²) in [5.74, 6) is -2.58. The van der Waals surface area contributed by atoms with E-state index in [2.05, 4.69) is 29.8 Å². The number of carbonyl (C=O) groups is 6. The summed E-state index contributed by atoms with van der Waals surface area (Å²) < 4.78 is 0. The van der Waals surface area contributed by atoms with E-state index in [4.69, 9.17) is 5.73 Å². The Labute approximate surface area is 247 Å². The number of fused-ring (bicyclic) bond motifs is 1. The van der Waals surface area contributed by atoms with Crippen LogP contribution in [0.3, 0.4) is 0 Å². The number of piperidine rings is 1. The van der Waals surface area contributed by atoms with Gasteiger partial charge in [0.05, 0.1) is 6.04 Å². The van der Waals surface area contributed by atoms with E-state index in [9.17, 15) is 28.8 Å². The first-order valence-corrected chi connectivity index (χ1v) is 15.8. The summed E-state index contributed by atoms with van der Waals surface area (Å²) in [5, 5.41) is 8.00. The Kier molecular flexibility index (Phi) is 8.80. The zero-order valence-corrected chi connectivity index (χ0v) is 24.9. The molecule has 12 heteroatoms. The minimum Gasteiger partial charge on any atom is -0.363 e. The molecule has 12 nitrogen and oxygen atoms in total. The highest BCUT2D eigenvalue weighted by atomic mass is 16.2. The third-order valence-electron chi connectivity index (χ3n) is 10.7. The summed E-state index contributed by atoms with van der Waals surface area (Å²) in [4.78, 5) is 81.3. The number of nitrogens with two attached hydrogens (primary N) is 1. The third-order valence-corrected chi connectivity index (χ3v) is 10.7. The SMILES string of the molecule is CC1(C)C2CN(C(=O)[C@@H](NC(=O)NC(=O)N3CCCC3)C3CCCCC3)[C@H](C(=O)NC(CC3CCC3)C(=O)C(N)=O)C21. The Morgan fingerprint density at radius 1 is 0.881 bits per heavy atom. The Morgan fingerprint density at radius 3 is 2.14 bits per heavy atom. The zero-order chi connectivity index (χ0) is 30.2. The highest BCUT2D eigenvalue weighted by molar-refractivity contribution is 6.37. The second-order valence-corrected chi connectivity index (χ2v) is 13.7. The van der Waals surface area contributed by atoms with Crippen molar-refractivity contribution in [3.8, 4) is 0 Å². The van der Waals surface area contributed by atoms with Crippen molar-refractivity contribution in [2.75, 3.05) is 19.6 Å². The molecule has 0 bridgehead atoms. The standard InChI is InChI=1S/C30H46N6O6/c1-30(2)19-16-36(23(21(19)30)26(39)32-20(24(37)25(31)38)15-17-9-8-10-17)27(40)22(18-11-4-3-5-12-18)33-28(41)34-29(42)35-13-6-7-14-35/h17-23H,3-16H2,1-2H3,(H2,31,38)(H,32,39)(H2,33,34,41,42)/t19?,20?,21?,22-,23-/m0/s1. The van der Waals surface area contributed by atoms with Gasteiger partial charge in [-0.25, -0.2) is 9.59 Å². The molecule has 7 amide bonds. The highest BCUT2D eigenvalue weighted by Crippen LogP contribution is 2.65. The number of urea groups is 2. The van der Waals surface area contributed by atoms with Gasteiger partial charge in [0.25, 0.3) is 5.91 Å². The Morgan fingerprint density at radius 2 is 1.55 bits per heavy atom. The van der Waals surface area contributed by atoms with E-state index in [1.807, 2.05) is 0 Å². The molecule has 2 heterocycles. The molecule has 42 heavy (non-hydrogen) atoms. The average molecular weight is 587 g/mol. The van der Waals surface area contributed by atoms with Crippen molar-refractivity contribution in [3.63, 3.8) is 0 Å². The first kappa shape index (κ1) is 30.3. The quantitative estimate of drug-likeness (QED) is 0.299. The second-order valence-electron chi connectivity index (χ2n) is 13.7. The summed E-state index contributed by atoms with van der Waals surface area (Å²) in [7, 11) is 0. The number of rotatable bonds is 9. The maximum Gasteiger partial charge on any atom is 0.325 e. The molecule has 0 spiro atoms. The van der Waals surface area contributed by atoms with Crippen molar-refractivity contribution < 1.29 is 28.8 Å². The molecule has 0 aromatic heterocycles. The second kappa shape index (κ2) is 12.2. The molecule has 5 atom stereocenters. The van der Waals surface area contributed by atoms with Gasteiger partial charge in [-0.1, -0.05) is 52.4 Å². The Balaban J connectivity index is 1.33. The van der Waals surface area contributed by atoms with Crippen LogP contribution in [0.5, 0.6) is 0 Å². The number of nitrogens with zero attached hydrogens (tertiary/aromatic N) is 2. The van der Waals surface area contributed by atoms with Gasteiger partial charge in [0, 0.05) is 19.6 Å². The van der Waals surface area contributed by atoms with E-state index in [1.54, 1.807) is 9.80 Å². The molecule has 2 aliphatic heterocycles. The highest BCUT2D eigenvalue weighted by Gasteiger charge is 2.69. The van der Waals surface area contributed by atoms with Crippen LogP contribution in [0, 0.1) is 29.1 Å². The van der Waals surface area contributed by atoms with E-state index in [0.29, 0.717) is 26.1 Å². The van der Waals surface area contributed by atoms with Crippen molar-refractivity contribution in [1.29, 1.82) is 0 Å². The number of hydrogen-bond acceptors (Lipinski definition) is 6. The molecule has 0 aromatic carbocycles. The molecule has 5 N–H and O–H groups in total. The van der Waals surface area contributed by atoms with Crippen molar-refractivity contribution in [2.24, 2.45) is 34.8 Å². The van der Waals surface area contributed by atoms with Crippen molar-refractivity contribution >= 4 is 35.6 Å². The molecule has 5 fully saturated rings. The minimum absolute atomic E-state index is 0.103. The smallest absolute Gasteiger partial charge is 0.325 e. The Hall–Kier alpha value is -3.18. The first-order valence-electron chi connectivity index (χ1n) is 15.8. The number of likely N-dealkylation sites (tertiary alicyclic amines) is 2. The van der Waals surface area contributed by atoms with Gasteiger partial charge in [0.2, 0.25) is 17.6 Å². The normalized spacial score (nSPS) is 28.2. The third kappa shape index (κ3) is 6.13. The molecule has 3 aliphatic carbocycles. The van der Waals surface area contributed by atoms with Gasteiger partial charge in [-0.3, -0.25) is 24.5 Å². The van der Waals surface area contributed by atoms with Gasteiger partial charge < -0.3 is 26.2 Å². The van der Waals surface area contributed by atoms with E-state index in [1.165, 1.54) is 0 Å². The lowest BCUT2D eigenvalue weighted by Gasteiger charge is -2.37. The van der Waals surface area contributed by atoms with Gasteiger partial charge in [-0.15, -0.1) is 0 Å². The molecule has 5 aliphatic rings. The van der Waals surface area contributed by atoms with Crippen LogP contribution in [0.1, 0.15) is 84.5 Å². The molecule has 2 saturated heterocycles. The van der Waals surface area contributed by atoms with Gasteiger partial charge in [-0.05, 0) is 61.2 Å². The van der Waals surface area contributed by atoms with Crippen LogP contribution in [0.25, 0.3) is 0 Å². The minimum atomic E-state index is -1.08. The number of nitrogens with one attached hydrogen (secondary N) is 3. The molecule has 5 rings (SSSR count). The lowest BCUT2D eigenvalue weighted by molar-refractivity contribution is -0.144. The molecule has 3 unspecified atom stereocenters. The zero-order valence-electron chi connectivity index (χ0n) is 24.9. The van der Waals surface area contributed by atoms with Crippen LogP contribution in [-0.4, -0.2) is 83.1 Å². The molecule has 3 saturated carbocycles. The number of imide groups is 1. The predicted molar refractivity (Wildman–Crippen MR) is 153 cm³/mol. The maximum absolute atomic E-state index is 14.2. The fourth-order valence-corrected chi connectivity index (χ4v) is 7.84. The lowest BCUT2D eigenvalue weighted by Crippen LogP contribution is -2.61. The van der Waals surface area contributed by atoms with Gasteiger partial charge in [0.1, 0.15) is 12.1 Å². The fourth-order valence-electron chi connectivity index (χ4n) is 7.84. The van der Waals surface area contributed by atoms with E-state index in [0.717, 1.165) is 64.2 Å². The van der Waals surface area contributed by atoms with Crippen LogP contribution in [0.15, 0.2) is 0 Å². The van der Waals surface area contributed by atoms with E-state index in [-0.39, 0.29) is 35.0 Å².